The maximum Gasteiger partial charge on any atom is 0.364 e. The van der Waals surface area contributed by atoms with Crippen LogP contribution < -0.4 is 5.32 Å². The molecule has 10 heteroatoms. The van der Waals surface area contributed by atoms with Gasteiger partial charge in [0.25, 0.3) is 5.79 Å². The van der Waals surface area contributed by atoms with Crippen molar-refractivity contribution in [2.75, 3.05) is 6.61 Å². The lowest BCUT2D eigenvalue weighted by molar-refractivity contribution is -0.295. The Morgan fingerprint density at radius 1 is 1.52 bits per heavy atom. The largest absolute Gasteiger partial charge is 0.477 e. The van der Waals surface area contributed by atoms with Crippen molar-refractivity contribution >= 4 is 11.9 Å². The zero-order valence-electron chi connectivity index (χ0n) is 13.7. The number of aliphatic hydroxyl groups is 5. The topological polar surface area (TPSA) is 177 Å². The highest BCUT2D eigenvalue weighted by Crippen LogP contribution is 2.30. The third-order valence-electron chi connectivity index (χ3n) is 3.14. The summed E-state index contributed by atoms with van der Waals surface area (Å²) in [5.41, 5.74) is 0. The van der Waals surface area contributed by atoms with E-state index in [1.54, 1.807) is 0 Å². The van der Waals surface area contributed by atoms with Gasteiger partial charge in [0, 0.05) is 17.4 Å². The first kappa shape index (κ1) is 13.4. The van der Waals surface area contributed by atoms with Crippen molar-refractivity contribution in [2.24, 2.45) is 0 Å². The maximum atomic E-state index is 11.6. The Bertz CT molecular complexity index is 488. The monoisotopic (exact) mass is 312 g/mol. The number of ether oxygens (including phenoxy) is 1. The number of carboxylic acid groups (broad SMARTS) is 1. The zero-order chi connectivity index (χ0) is 18.9. The van der Waals surface area contributed by atoms with Crippen molar-refractivity contribution in [2.45, 2.75) is 49.5 Å². The molecule has 1 fully saturated rings. The molecule has 0 saturated carbocycles. The Hall–Kier alpha value is -1.30. The fourth-order valence-electron chi connectivity index (χ4n) is 2.05. The van der Waals surface area contributed by atoms with Crippen LogP contribution in [0.15, 0.2) is 0 Å². The predicted molar refractivity (Wildman–Crippen MR) is 64.8 cm³/mol. The van der Waals surface area contributed by atoms with Crippen LogP contribution in [0.1, 0.15) is 17.4 Å². The number of hydrogen-bond acceptors (Lipinski definition) is 8. The fraction of sp³-hybridized carbons (Fsp3) is 0.818. The Kier molecular flexibility index (Phi) is 4.23. The number of carboxylic acids is 1. The first-order chi connectivity index (χ1) is 10.8. The van der Waals surface area contributed by atoms with Crippen LogP contribution in [-0.4, -0.2) is 85.4 Å². The smallest absolute Gasteiger partial charge is 0.364 e. The number of carbonyl (C=O) groups is 2. The van der Waals surface area contributed by atoms with Gasteiger partial charge in [-0.25, -0.2) is 4.79 Å². The highest BCUT2D eigenvalue weighted by atomic mass is 16.7. The van der Waals surface area contributed by atoms with Gasteiger partial charge < -0.3 is 40.7 Å². The molecule has 0 radical (unpaired) electrons. The molecule has 1 rings (SSSR count). The molecule has 7 N–H and O–H groups in total. The van der Waals surface area contributed by atoms with E-state index in [0.717, 1.165) is 0 Å². The standard InChI is InChI=1S/C11H19NO9/c1-4(14)12-7-5(15)2-11(20,10(18)19)21-9(7)8(17)6(16)3-13/h5-9,13,15-17,20H,2-3H2,1H3,(H,12,14)(H,18,19)/t5-,6+,7+,8+,9+,11-/m0/s1/i1D3. The molecule has 1 saturated heterocycles. The lowest BCUT2D eigenvalue weighted by atomic mass is 9.88. The quantitative estimate of drug-likeness (QED) is 0.267. The predicted octanol–water partition coefficient (Wildman–Crippen LogP) is -3.87. The summed E-state index contributed by atoms with van der Waals surface area (Å²) < 4.78 is 25.7. The van der Waals surface area contributed by atoms with Crippen molar-refractivity contribution in [3.8, 4) is 0 Å². The first-order valence-corrected chi connectivity index (χ1v) is 5.93. The lowest BCUT2D eigenvalue weighted by Gasteiger charge is -2.44. The second-order valence-electron chi connectivity index (χ2n) is 4.68. The Balaban J connectivity index is 3.13. The number of aliphatic hydroxyl groups excluding tert-OH is 4. The molecule has 10 nitrogen and oxygen atoms in total. The summed E-state index contributed by atoms with van der Waals surface area (Å²) in [6.07, 6.45) is -8.59. The summed E-state index contributed by atoms with van der Waals surface area (Å²) in [6, 6.07) is -1.66. The van der Waals surface area contributed by atoms with Crippen molar-refractivity contribution in [1.29, 1.82) is 0 Å². The van der Waals surface area contributed by atoms with Crippen LogP contribution in [0.2, 0.25) is 0 Å². The molecule has 0 aromatic heterocycles. The minimum Gasteiger partial charge on any atom is -0.477 e. The van der Waals surface area contributed by atoms with E-state index in [2.05, 4.69) is 0 Å². The van der Waals surface area contributed by atoms with Gasteiger partial charge in [-0.3, -0.25) is 4.79 Å². The van der Waals surface area contributed by atoms with E-state index in [1.165, 1.54) is 0 Å². The van der Waals surface area contributed by atoms with Crippen molar-refractivity contribution in [3.05, 3.63) is 0 Å². The van der Waals surface area contributed by atoms with Crippen LogP contribution in [-0.2, 0) is 14.3 Å². The maximum absolute atomic E-state index is 11.6. The highest BCUT2D eigenvalue weighted by Gasteiger charge is 2.53. The summed E-state index contributed by atoms with van der Waals surface area (Å²) in [5, 5.41) is 58.9. The van der Waals surface area contributed by atoms with Gasteiger partial charge in [0.15, 0.2) is 0 Å². The second kappa shape index (κ2) is 6.64. The van der Waals surface area contributed by atoms with Crippen molar-refractivity contribution in [1.82, 2.24) is 5.32 Å². The van der Waals surface area contributed by atoms with Crippen LogP contribution in [0, 0.1) is 0 Å². The molecular weight excluding hydrogens is 290 g/mol. The van der Waals surface area contributed by atoms with Crippen molar-refractivity contribution in [3.63, 3.8) is 0 Å². The number of carbonyl (C=O) groups excluding carboxylic acids is 1. The summed E-state index contributed by atoms with van der Waals surface area (Å²) >= 11 is 0. The molecule has 1 aliphatic heterocycles. The average molecular weight is 312 g/mol. The highest BCUT2D eigenvalue weighted by molar-refractivity contribution is 5.76. The Morgan fingerprint density at radius 2 is 2.14 bits per heavy atom. The van der Waals surface area contributed by atoms with Crippen LogP contribution >= 0.6 is 0 Å². The van der Waals surface area contributed by atoms with Crippen LogP contribution in [0.3, 0.4) is 0 Å². The molecule has 0 aliphatic carbocycles. The van der Waals surface area contributed by atoms with E-state index in [0.29, 0.717) is 0 Å². The molecule has 0 aromatic carbocycles. The van der Waals surface area contributed by atoms with Gasteiger partial charge in [-0.2, -0.15) is 0 Å². The van der Waals surface area contributed by atoms with Gasteiger partial charge in [-0.05, 0) is 0 Å². The third kappa shape index (κ3) is 3.87. The van der Waals surface area contributed by atoms with Crippen LogP contribution in [0.4, 0.5) is 0 Å². The number of hydrogen-bond donors (Lipinski definition) is 7. The molecule has 1 heterocycles. The molecule has 0 unspecified atom stereocenters. The number of aliphatic carboxylic acids is 1. The molecule has 1 aliphatic rings. The summed E-state index contributed by atoms with van der Waals surface area (Å²) in [6.45, 7) is -4.09. The van der Waals surface area contributed by atoms with E-state index in [9.17, 15) is 30.0 Å². The zero-order valence-corrected chi connectivity index (χ0v) is 10.7. The van der Waals surface area contributed by atoms with Gasteiger partial charge in [0.1, 0.15) is 18.3 Å². The van der Waals surface area contributed by atoms with Crippen LogP contribution in [0.25, 0.3) is 0 Å². The molecular formula is C11H19NO9. The van der Waals surface area contributed by atoms with Crippen LogP contribution in [0.5, 0.6) is 0 Å². The van der Waals surface area contributed by atoms with Crippen molar-refractivity contribution < 1.29 is 49.1 Å². The summed E-state index contributed by atoms with van der Waals surface area (Å²) in [4.78, 5) is 22.6. The first-order valence-electron chi connectivity index (χ1n) is 7.43. The number of amides is 1. The second-order valence-corrected chi connectivity index (χ2v) is 4.68. The lowest BCUT2D eigenvalue weighted by Crippen LogP contribution is -2.67. The SMILES string of the molecule is [2H]C([2H])([2H])C(=O)N[C@H]1[C@H]([C@H](O)[C@H](O)CO)O[C@](O)(C(=O)O)C[C@@H]1O. The molecule has 0 spiro atoms. The van der Waals surface area contributed by atoms with Gasteiger partial charge in [-0.15, -0.1) is 0 Å². The molecule has 0 bridgehead atoms. The minimum atomic E-state index is -3.11. The molecule has 1 amide bonds. The van der Waals surface area contributed by atoms with Gasteiger partial charge in [0.2, 0.25) is 5.91 Å². The van der Waals surface area contributed by atoms with E-state index in [4.69, 9.17) is 19.1 Å². The summed E-state index contributed by atoms with van der Waals surface area (Å²) in [7, 11) is 0. The van der Waals surface area contributed by atoms with Gasteiger partial charge in [-0.1, -0.05) is 0 Å². The van der Waals surface area contributed by atoms with E-state index < -0.39 is 68.0 Å². The van der Waals surface area contributed by atoms with E-state index in [1.807, 2.05) is 5.32 Å². The average Bonchev–Trinajstić information content (AvgIpc) is 2.46. The summed E-state index contributed by atoms with van der Waals surface area (Å²) in [5.74, 6) is -6.37. The number of nitrogens with one attached hydrogen (secondary N) is 1. The van der Waals surface area contributed by atoms with E-state index >= 15 is 0 Å². The Labute approximate surface area is 123 Å². The van der Waals surface area contributed by atoms with E-state index in [-0.39, 0.29) is 0 Å². The van der Waals surface area contributed by atoms with Gasteiger partial charge >= 0.3 is 5.97 Å². The molecule has 6 atom stereocenters. The molecule has 0 aromatic rings. The van der Waals surface area contributed by atoms with Gasteiger partial charge in [0.05, 0.1) is 18.8 Å². The molecule has 122 valence electrons. The third-order valence-corrected chi connectivity index (χ3v) is 3.14. The minimum absolute atomic E-state index is 0.938. The molecule has 21 heavy (non-hydrogen) atoms. The Morgan fingerprint density at radius 3 is 2.62 bits per heavy atom. The normalized spacial score (nSPS) is 38.5. The fourth-order valence-corrected chi connectivity index (χ4v) is 2.05. The number of rotatable bonds is 5.